The molecule has 0 atom stereocenters. The highest BCUT2D eigenvalue weighted by molar-refractivity contribution is 5.87. The molecule has 0 unspecified atom stereocenters. The average molecular weight is 184 g/mol. The van der Waals surface area contributed by atoms with E-state index in [1.165, 1.54) is 0 Å². The second kappa shape index (κ2) is 2.70. The normalized spacial score (nSPS) is 10.9. The molecule has 0 spiro atoms. The first-order valence-corrected chi connectivity index (χ1v) is 4.38. The van der Waals surface area contributed by atoms with Crippen molar-refractivity contribution in [3.63, 3.8) is 0 Å². The van der Waals surface area contributed by atoms with Gasteiger partial charge in [0.1, 0.15) is 0 Å². The van der Waals surface area contributed by atoms with Crippen molar-refractivity contribution in [1.82, 2.24) is 20.0 Å². The molecule has 0 saturated carbocycles. The van der Waals surface area contributed by atoms with Crippen molar-refractivity contribution in [3.8, 4) is 5.69 Å². The van der Waals surface area contributed by atoms with Crippen molar-refractivity contribution < 1.29 is 0 Å². The number of fused-ring (bicyclic) bond motifs is 1. The SMILES string of the molecule is c1cc(-n2nccn2)c2cc[nH]c2c1. The smallest absolute Gasteiger partial charge is 0.0950 e. The number of benzene rings is 1. The van der Waals surface area contributed by atoms with Gasteiger partial charge in [-0.1, -0.05) is 6.07 Å². The minimum atomic E-state index is 0.994. The van der Waals surface area contributed by atoms with Crippen LogP contribution in [-0.4, -0.2) is 20.0 Å². The second-order valence-corrected chi connectivity index (χ2v) is 3.03. The lowest BCUT2D eigenvalue weighted by Crippen LogP contribution is -1.98. The van der Waals surface area contributed by atoms with Crippen LogP contribution in [0.5, 0.6) is 0 Å². The molecule has 4 heteroatoms. The molecule has 3 rings (SSSR count). The van der Waals surface area contributed by atoms with Gasteiger partial charge in [0, 0.05) is 17.1 Å². The molecule has 1 N–H and O–H groups in total. The number of aromatic amines is 1. The molecule has 0 fully saturated rings. The zero-order valence-corrected chi connectivity index (χ0v) is 7.38. The van der Waals surface area contributed by atoms with E-state index in [4.69, 9.17) is 0 Å². The Morgan fingerprint density at radius 1 is 1.07 bits per heavy atom. The number of aromatic nitrogens is 4. The van der Waals surface area contributed by atoms with E-state index in [9.17, 15) is 0 Å². The van der Waals surface area contributed by atoms with E-state index in [0.29, 0.717) is 0 Å². The van der Waals surface area contributed by atoms with Gasteiger partial charge in [-0.05, 0) is 18.2 Å². The molecule has 68 valence electrons. The Labute approximate surface area is 80.2 Å². The van der Waals surface area contributed by atoms with Crippen molar-refractivity contribution in [1.29, 1.82) is 0 Å². The summed E-state index contributed by atoms with van der Waals surface area (Å²) in [6.45, 7) is 0. The highest BCUT2D eigenvalue weighted by Crippen LogP contribution is 2.19. The fraction of sp³-hybridized carbons (Fsp3) is 0. The summed E-state index contributed by atoms with van der Waals surface area (Å²) in [4.78, 5) is 4.77. The van der Waals surface area contributed by atoms with Gasteiger partial charge in [0.25, 0.3) is 0 Å². The van der Waals surface area contributed by atoms with E-state index >= 15 is 0 Å². The Morgan fingerprint density at radius 3 is 2.79 bits per heavy atom. The molecular formula is C10H8N4. The summed E-state index contributed by atoms with van der Waals surface area (Å²) in [6.07, 6.45) is 5.26. The third kappa shape index (κ3) is 0.939. The van der Waals surface area contributed by atoms with Crippen molar-refractivity contribution in [2.24, 2.45) is 0 Å². The highest BCUT2D eigenvalue weighted by atomic mass is 15.5. The molecule has 0 aliphatic carbocycles. The highest BCUT2D eigenvalue weighted by Gasteiger charge is 2.03. The zero-order valence-electron chi connectivity index (χ0n) is 7.38. The first kappa shape index (κ1) is 7.32. The molecule has 0 amide bonds. The summed E-state index contributed by atoms with van der Waals surface area (Å²) < 4.78 is 0. The lowest BCUT2D eigenvalue weighted by atomic mass is 10.2. The molecular weight excluding hydrogens is 176 g/mol. The van der Waals surface area contributed by atoms with Crippen LogP contribution in [0.4, 0.5) is 0 Å². The predicted octanol–water partition coefficient (Wildman–Crippen LogP) is 1.75. The summed E-state index contributed by atoms with van der Waals surface area (Å²) >= 11 is 0. The third-order valence-electron chi connectivity index (χ3n) is 2.21. The van der Waals surface area contributed by atoms with Crippen molar-refractivity contribution in [2.75, 3.05) is 0 Å². The number of nitrogens with zero attached hydrogens (tertiary/aromatic N) is 3. The van der Waals surface area contributed by atoms with E-state index in [1.54, 1.807) is 17.2 Å². The van der Waals surface area contributed by atoms with Gasteiger partial charge in [-0.2, -0.15) is 15.0 Å². The fourth-order valence-electron chi connectivity index (χ4n) is 1.58. The van der Waals surface area contributed by atoms with E-state index in [2.05, 4.69) is 15.2 Å². The Bertz CT molecular complexity index is 550. The van der Waals surface area contributed by atoms with Gasteiger partial charge in [0.2, 0.25) is 0 Å². The van der Waals surface area contributed by atoms with Crippen LogP contribution in [0.3, 0.4) is 0 Å². The summed E-state index contributed by atoms with van der Waals surface area (Å²) in [6, 6.07) is 8.03. The Balaban J connectivity index is 2.36. The maximum atomic E-state index is 4.11. The number of hydrogen-bond acceptors (Lipinski definition) is 2. The molecule has 0 bridgehead atoms. The summed E-state index contributed by atoms with van der Waals surface area (Å²) in [5.41, 5.74) is 2.09. The van der Waals surface area contributed by atoms with Gasteiger partial charge in [-0.25, -0.2) is 0 Å². The van der Waals surface area contributed by atoms with Crippen LogP contribution >= 0.6 is 0 Å². The van der Waals surface area contributed by atoms with Crippen LogP contribution in [0, 0.1) is 0 Å². The van der Waals surface area contributed by atoms with Gasteiger partial charge in [0.15, 0.2) is 0 Å². The third-order valence-corrected chi connectivity index (χ3v) is 2.21. The van der Waals surface area contributed by atoms with Crippen LogP contribution in [0.15, 0.2) is 42.9 Å². The molecule has 0 saturated heterocycles. The van der Waals surface area contributed by atoms with E-state index in [1.807, 2.05) is 30.5 Å². The Morgan fingerprint density at radius 2 is 1.93 bits per heavy atom. The number of rotatable bonds is 1. The van der Waals surface area contributed by atoms with Gasteiger partial charge < -0.3 is 4.98 Å². The first-order chi connectivity index (χ1) is 6.95. The first-order valence-electron chi connectivity index (χ1n) is 4.38. The monoisotopic (exact) mass is 184 g/mol. The molecule has 1 aromatic carbocycles. The van der Waals surface area contributed by atoms with Crippen molar-refractivity contribution in [2.45, 2.75) is 0 Å². The Kier molecular flexibility index (Phi) is 1.41. The van der Waals surface area contributed by atoms with Gasteiger partial charge in [-0.15, -0.1) is 0 Å². The summed E-state index contributed by atoms with van der Waals surface area (Å²) in [5.74, 6) is 0. The van der Waals surface area contributed by atoms with Crippen LogP contribution < -0.4 is 0 Å². The van der Waals surface area contributed by atoms with Gasteiger partial charge >= 0.3 is 0 Å². The number of hydrogen-bond donors (Lipinski definition) is 1. The van der Waals surface area contributed by atoms with Gasteiger partial charge in [0.05, 0.1) is 18.1 Å². The van der Waals surface area contributed by atoms with Crippen molar-refractivity contribution >= 4 is 10.9 Å². The maximum absolute atomic E-state index is 4.11. The predicted molar refractivity (Wildman–Crippen MR) is 53.2 cm³/mol. The van der Waals surface area contributed by atoms with Crippen LogP contribution in [0.25, 0.3) is 16.6 Å². The molecule has 2 heterocycles. The largest absolute Gasteiger partial charge is 0.361 e. The summed E-state index contributed by atoms with van der Waals surface area (Å²) in [5, 5.41) is 9.34. The van der Waals surface area contributed by atoms with Crippen LogP contribution in [0.2, 0.25) is 0 Å². The van der Waals surface area contributed by atoms with Gasteiger partial charge in [-0.3, -0.25) is 0 Å². The molecule has 2 aromatic heterocycles. The van der Waals surface area contributed by atoms with Crippen molar-refractivity contribution in [3.05, 3.63) is 42.9 Å². The molecule has 4 nitrogen and oxygen atoms in total. The fourth-order valence-corrected chi connectivity index (χ4v) is 1.58. The Hall–Kier alpha value is -2.10. The lowest BCUT2D eigenvalue weighted by Gasteiger charge is -2.00. The summed E-state index contributed by atoms with van der Waals surface area (Å²) in [7, 11) is 0. The van der Waals surface area contributed by atoms with E-state index in [-0.39, 0.29) is 0 Å². The second-order valence-electron chi connectivity index (χ2n) is 3.03. The van der Waals surface area contributed by atoms with Crippen LogP contribution in [0.1, 0.15) is 0 Å². The van der Waals surface area contributed by atoms with Crippen LogP contribution in [-0.2, 0) is 0 Å². The lowest BCUT2D eigenvalue weighted by molar-refractivity contribution is 0.757. The molecule has 0 aliphatic heterocycles. The topological polar surface area (TPSA) is 46.5 Å². The van der Waals surface area contributed by atoms with E-state index in [0.717, 1.165) is 16.6 Å². The quantitative estimate of drug-likeness (QED) is 0.626. The average Bonchev–Trinajstić information content (AvgIpc) is 2.88. The zero-order chi connectivity index (χ0) is 9.38. The number of nitrogens with one attached hydrogen (secondary N) is 1. The minimum Gasteiger partial charge on any atom is -0.361 e. The molecule has 0 radical (unpaired) electrons. The molecule has 14 heavy (non-hydrogen) atoms. The minimum absolute atomic E-state index is 0.994. The maximum Gasteiger partial charge on any atom is 0.0950 e. The number of H-pyrrole nitrogens is 1. The molecule has 3 aromatic rings. The standard InChI is InChI=1S/C10H8N4/c1-2-9-8(4-5-11-9)10(3-1)14-12-6-7-13-14/h1-7,11H. The molecule has 0 aliphatic rings. The van der Waals surface area contributed by atoms with E-state index < -0.39 is 0 Å².